The Morgan fingerprint density at radius 3 is 3.06 bits per heavy atom. The second kappa shape index (κ2) is 5.09. The number of hydrogen-bond donors (Lipinski definition) is 1. The predicted molar refractivity (Wildman–Crippen MR) is 71.4 cm³/mol. The van der Waals surface area contributed by atoms with Crippen LogP contribution in [-0.4, -0.2) is 18.8 Å². The van der Waals surface area contributed by atoms with E-state index in [0.717, 1.165) is 6.54 Å². The van der Waals surface area contributed by atoms with Gasteiger partial charge >= 0.3 is 0 Å². The van der Waals surface area contributed by atoms with E-state index in [9.17, 15) is 0 Å². The number of nitrogens with one attached hydrogen (secondary N) is 1. The van der Waals surface area contributed by atoms with Crippen LogP contribution in [0.25, 0.3) is 0 Å². The molecule has 0 aliphatic carbocycles. The summed E-state index contributed by atoms with van der Waals surface area (Å²) in [5.41, 5.74) is 1.46. The summed E-state index contributed by atoms with van der Waals surface area (Å²) in [6, 6.07) is 2.78. The Bertz CT molecular complexity index is 351. The van der Waals surface area contributed by atoms with E-state index in [1.807, 2.05) is 0 Å². The number of ether oxygens (including phenoxy) is 1. The standard InChI is InChI=1S/C14H21NOS/c1-2-6-15-14(10-5-7-17-9-10)12-8-11-3-4-13(12)16-11/h5,7,9,11-15H,2-4,6,8H2,1H3. The van der Waals surface area contributed by atoms with Gasteiger partial charge in [0.25, 0.3) is 0 Å². The number of thiophene rings is 1. The first-order valence-corrected chi connectivity index (χ1v) is 7.73. The minimum Gasteiger partial charge on any atom is -0.375 e. The first-order valence-electron chi connectivity index (χ1n) is 6.79. The highest BCUT2D eigenvalue weighted by Crippen LogP contribution is 2.44. The highest BCUT2D eigenvalue weighted by Gasteiger charge is 2.44. The molecule has 0 radical (unpaired) electrons. The molecule has 1 aromatic heterocycles. The van der Waals surface area contributed by atoms with E-state index in [1.165, 1.54) is 31.2 Å². The smallest absolute Gasteiger partial charge is 0.0627 e. The van der Waals surface area contributed by atoms with E-state index in [4.69, 9.17) is 4.74 Å². The fourth-order valence-corrected chi connectivity index (χ4v) is 3.99. The zero-order chi connectivity index (χ0) is 11.7. The fraction of sp³-hybridized carbons (Fsp3) is 0.714. The van der Waals surface area contributed by atoms with E-state index in [2.05, 4.69) is 29.1 Å². The van der Waals surface area contributed by atoms with Gasteiger partial charge in [-0.05, 0) is 54.6 Å². The van der Waals surface area contributed by atoms with Crippen LogP contribution in [-0.2, 0) is 4.74 Å². The van der Waals surface area contributed by atoms with Gasteiger partial charge in [0.2, 0.25) is 0 Å². The Kier molecular flexibility index (Phi) is 3.50. The molecular formula is C14H21NOS. The molecule has 94 valence electrons. The molecule has 2 saturated heterocycles. The summed E-state index contributed by atoms with van der Waals surface area (Å²) in [5, 5.41) is 8.20. The van der Waals surface area contributed by atoms with Crippen molar-refractivity contribution in [3.8, 4) is 0 Å². The topological polar surface area (TPSA) is 21.3 Å². The van der Waals surface area contributed by atoms with Crippen molar-refractivity contribution in [2.24, 2.45) is 5.92 Å². The maximum absolute atomic E-state index is 6.01. The van der Waals surface area contributed by atoms with Crippen LogP contribution in [0.4, 0.5) is 0 Å². The third-order valence-corrected chi connectivity index (χ3v) is 4.80. The molecule has 3 heteroatoms. The average molecular weight is 251 g/mol. The number of fused-ring (bicyclic) bond motifs is 2. The Balaban J connectivity index is 1.74. The van der Waals surface area contributed by atoms with Gasteiger partial charge in [0.15, 0.2) is 0 Å². The Labute approximate surface area is 107 Å². The minimum absolute atomic E-state index is 0.509. The van der Waals surface area contributed by atoms with Crippen LogP contribution in [0.2, 0.25) is 0 Å². The van der Waals surface area contributed by atoms with Gasteiger partial charge in [-0.25, -0.2) is 0 Å². The van der Waals surface area contributed by atoms with Gasteiger partial charge in [-0.1, -0.05) is 6.92 Å². The molecule has 1 N–H and O–H groups in total. The second-order valence-corrected chi connectivity index (χ2v) is 6.04. The lowest BCUT2D eigenvalue weighted by Crippen LogP contribution is -2.34. The van der Waals surface area contributed by atoms with Crippen LogP contribution in [0.1, 0.15) is 44.2 Å². The molecule has 4 atom stereocenters. The van der Waals surface area contributed by atoms with Gasteiger partial charge in [-0.15, -0.1) is 0 Å². The minimum atomic E-state index is 0.509. The highest BCUT2D eigenvalue weighted by atomic mass is 32.1. The maximum Gasteiger partial charge on any atom is 0.0627 e. The lowest BCUT2D eigenvalue weighted by atomic mass is 9.81. The van der Waals surface area contributed by atoms with Crippen molar-refractivity contribution in [3.05, 3.63) is 22.4 Å². The third-order valence-electron chi connectivity index (χ3n) is 4.10. The molecule has 2 bridgehead atoms. The van der Waals surface area contributed by atoms with Crippen molar-refractivity contribution >= 4 is 11.3 Å². The maximum atomic E-state index is 6.01. The third kappa shape index (κ3) is 2.28. The summed E-state index contributed by atoms with van der Waals surface area (Å²) in [6.45, 7) is 3.34. The van der Waals surface area contributed by atoms with Crippen LogP contribution in [0.15, 0.2) is 16.8 Å². The van der Waals surface area contributed by atoms with Crippen LogP contribution >= 0.6 is 11.3 Å². The lowest BCUT2D eigenvalue weighted by molar-refractivity contribution is 0.0857. The average Bonchev–Trinajstić information content (AvgIpc) is 3.06. The summed E-state index contributed by atoms with van der Waals surface area (Å²) in [5.74, 6) is 0.690. The summed E-state index contributed by atoms with van der Waals surface area (Å²) in [6.07, 6.45) is 6.06. The molecule has 3 rings (SSSR count). The molecule has 2 fully saturated rings. The molecule has 2 aliphatic rings. The quantitative estimate of drug-likeness (QED) is 0.866. The van der Waals surface area contributed by atoms with E-state index in [1.54, 1.807) is 11.3 Å². The molecule has 0 amide bonds. The van der Waals surface area contributed by atoms with E-state index >= 15 is 0 Å². The molecule has 3 heterocycles. The Hall–Kier alpha value is -0.380. The summed E-state index contributed by atoms with van der Waals surface area (Å²) < 4.78 is 6.01. The molecule has 0 spiro atoms. The summed E-state index contributed by atoms with van der Waals surface area (Å²) >= 11 is 1.80. The van der Waals surface area contributed by atoms with Crippen LogP contribution < -0.4 is 5.32 Å². The molecule has 4 unspecified atom stereocenters. The van der Waals surface area contributed by atoms with Crippen molar-refractivity contribution in [1.29, 1.82) is 0 Å². The summed E-state index contributed by atoms with van der Waals surface area (Å²) in [4.78, 5) is 0. The van der Waals surface area contributed by atoms with Gasteiger partial charge in [-0.3, -0.25) is 0 Å². The van der Waals surface area contributed by atoms with Gasteiger partial charge in [-0.2, -0.15) is 11.3 Å². The lowest BCUT2D eigenvalue weighted by Gasteiger charge is -2.29. The molecular weight excluding hydrogens is 230 g/mol. The van der Waals surface area contributed by atoms with Gasteiger partial charge in [0.1, 0.15) is 0 Å². The van der Waals surface area contributed by atoms with Crippen LogP contribution in [0.5, 0.6) is 0 Å². The van der Waals surface area contributed by atoms with Crippen molar-refractivity contribution in [2.75, 3.05) is 6.54 Å². The van der Waals surface area contributed by atoms with E-state index < -0.39 is 0 Å². The predicted octanol–water partition coefficient (Wildman–Crippen LogP) is 3.36. The monoisotopic (exact) mass is 251 g/mol. The zero-order valence-corrected chi connectivity index (χ0v) is 11.2. The van der Waals surface area contributed by atoms with E-state index in [0.29, 0.717) is 24.2 Å². The fourth-order valence-electron chi connectivity index (χ4n) is 3.30. The number of rotatable bonds is 5. The molecule has 0 saturated carbocycles. The second-order valence-electron chi connectivity index (χ2n) is 5.26. The van der Waals surface area contributed by atoms with Crippen LogP contribution in [0, 0.1) is 5.92 Å². The number of hydrogen-bond acceptors (Lipinski definition) is 3. The van der Waals surface area contributed by atoms with E-state index in [-0.39, 0.29) is 0 Å². The van der Waals surface area contributed by atoms with Gasteiger partial charge in [0.05, 0.1) is 12.2 Å². The summed E-state index contributed by atoms with van der Waals surface area (Å²) in [7, 11) is 0. The zero-order valence-electron chi connectivity index (χ0n) is 10.4. The SMILES string of the molecule is CCCNC(c1ccsc1)C1CC2CCC1O2. The molecule has 17 heavy (non-hydrogen) atoms. The molecule has 0 aromatic carbocycles. The van der Waals surface area contributed by atoms with Crippen molar-refractivity contribution in [2.45, 2.75) is 50.9 Å². The highest BCUT2D eigenvalue weighted by molar-refractivity contribution is 7.07. The van der Waals surface area contributed by atoms with Crippen molar-refractivity contribution < 1.29 is 4.74 Å². The van der Waals surface area contributed by atoms with Crippen molar-refractivity contribution in [1.82, 2.24) is 5.32 Å². The molecule has 2 aliphatic heterocycles. The largest absolute Gasteiger partial charge is 0.375 e. The first kappa shape index (κ1) is 11.7. The van der Waals surface area contributed by atoms with Gasteiger partial charge in [0, 0.05) is 12.0 Å². The normalized spacial score (nSPS) is 33.1. The van der Waals surface area contributed by atoms with Gasteiger partial charge < -0.3 is 10.1 Å². The van der Waals surface area contributed by atoms with Crippen molar-refractivity contribution in [3.63, 3.8) is 0 Å². The Morgan fingerprint density at radius 1 is 1.53 bits per heavy atom. The van der Waals surface area contributed by atoms with Crippen LogP contribution in [0.3, 0.4) is 0 Å². The molecule has 2 nitrogen and oxygen atoms in total. The Morgan fingerprint density at radius 2 is 2.47 bits per heavy atom. The molecule has 1 aromatic rings. The first-order chi connectivity index (χ1) is 8.38.